The van der Waals surface area contributed by atoms with Gasteiger partial charge in [0.2, 0.25) is 0 Å². The van der Waals surface area contributed by atoms with Crippen molar-refractivity contribution in [3.05, 3.63) is 12.2 Å². The molecule has 0 bridgehead atoms. The van der Waals surface area contributed by atoms with Gasteiger partial charge in [-0.3, -0.25) is 0 Å². The van der Waals surface area contributed by atoms with E-state index in [2.05, 4.69) is 0 Å². The van der Waals surface area contributed by atoms with Crippen LogP contribution < -0.4 is 0 Å². The van der Waals surface area contributed by atoms with Gasteiger partial charge in [-0.15, -0.1) is 0 Å². The Labute approximate surface area is 71.5 Å². The summed E-state index contributed by atoms with van der Waals surface area (Å²) in [6.45, 7) is 2.34. The van der Waals surface area contributed by atoms with E-state index in [0.717, 1.165) is 0 Å². The first-order valence-corrected chi connectivity index (χ1v) is 3.65. The van der Waals surface area contributed by atoms with Crippen LogP contribution in [0.5, 0.6) is 0 Å². The minimum atomic E-state index is -1.18. The highest BCUT2D eigenvalue weighted by Gasteiger charge is 2.25. The predicted molar refractivity (Wildman–Crippen MR) is 43.5 cm³/mol. The van der Waals surface area contributed by atoms with Crippen LogP contribution in [0.1, 0.15) is 13.8 Å². The highest BCUT2D eigenvalue weighted by atomic mass is 16.6. The Morgan fingerprint density at radius 2 is 2.00 bits per heavy atom. The molecular weight excluding hydrogens is 160 g/mol. The topological polar surface area (TPSA) is 66.8 Å². The van der Waals surface area contributed by atoms with Gasteiger partial charge < -0.3 is 14.9 Å². The van der Waals surface area contributed by atoms with Crippen molar-refractivity contribution >= 4 is 5.97 Å². The van der Waals surface area contributed by atoms with Crippen molar-refractivity contribution in [1.29, 1.82) is 0 Å². The van der Waals surface area contributed by atoms with E-state index < -0.39 is 24.8 Å². The first-order chi connectivity index (χ1) is 5.58. The molecule has 0 spiro atoms. The normalized spacial score (nSPS) is 12.0. The average Bonchev–Trinajstić information content (AvgIpc) is 2.05. The molecule has 4 nitrogen and oxygen atoms in total. The molecule has 0 unspecified atom stereocenters. The van der Waals surface area contributed by atoms with Crippen molar-refractivity contribution in [3.63, 3.8) is 0 Å². The Morgan fingerprint density at radius 3 is 2.33 bits per heavy atom. The van der Waals surface area contributed by atoms with Crippen molar-refractivity contribution in [3.8, 4) is 0 Å². The highest BCUT2D eigenvalue weighted by molar-refractivity contribution is 5.82. The third kappa shape index (κ3) is 3.50. The molecule has 0 saturated carbocycles. The van der Waals surface area contributed by atoms with Gasteiger partial charge in [0.05, 0.1) is 13.2 Å². The summed E-state index contributed by atoms with van der Waals surface area (Å²) < 4.78 is 4.75. The van der Waals surface area contributed by atoms with Gasteiger partial charge in [-0.1, -0.05) is 6.08 Å². The van der Waals surface area contributed by atoms with Crippen LogP contribution in [0, 0.1) is 0 Å². The monoisotopic (exact) mass is 174 g/mol. The molecule has 70 valence electrons. The Morgan fingerprint density at radius 1 is 1.50 bits per heavy atom. The molecule has 0 radical (unpaired) electrons. The van der Waals surface area contributed by atoms with Gasteiger partial charge in [0.25, 0.3) is 0 Å². The molecule has 0 aliphatic rings. The quantitative estimate of drug-likeness (QED) is 0.459. The Kier molecular flexibility index (Phi) is 4.54. The average molecular weight is 174 g/mol. The molecule has 0 amide bonds. The number of aliphatic hydroxyl groups excluding tert-OH is 2. The van der Waals surface area contributed by atoms with Crippen LogP contribution in [0.4, 0.5) is 0 Å². The summed E-state index contributed by atoms with van der Waals surface area (Å²) >= 11 is 0. The van der Waals surface area contributed by atoms with Crippen molar-refractivity contribution in [2.24, 2.45) is 0 Å². The van der Waals surface area contributed by atoms with Gasteiger partial charge in [0, 0.05) is 6.08 Å². The largest absolute Gasteiger partial charge is 0.451 e. The lowest BCUT2D eigenvalue weighted by atomic mass is 10.1. The van der Waals surface area contributed by atoms with E-state index in [4.69, 9.17) is 14.9 Å². The number of ether oxygens (including phenoxy) is 1. The third-order valence-electron chi connectivity index (χ3n) is 1.32. The molecule has 0 rings (SSSR count). The highest BCUT2D eigenvalue weighted by Crippen LogP contribution is 2.08. The zero-order valence-electron chi connectivity index (χ0n) is 7.28. The standard InChI is InChI=1S/C8H14O4/c1-3-4-7(11)12-8(2,5-9)6-10/h3-4,9-10H,5-6H2,1-2H3/b4-3+. The molecule has 0 fully saturated rings. The zero-order valence-corrected chi connectivity index (χ0v) is 7.28. The SMILES string of the molecule is C/C=C/C(=O)OC(C)(CO)CO. The summed E-state index contributed by atoms with van der Waals surface area (Å²) in [5.74, 6) is -0.567. The molecule has 0 aliphatic carbocycles. The number of carbonyl (C=O) groups excluding carboxylic acids is 1. The van der Waals surface area contributed by atoms with E-state index >= 15 is 0 Å². The molecule has 0 heterocycles. The van der Waals surface area contributed by atoms with E-state index in [9.17, 15) is 4.79 Å². The lowest BCUT2D eigenvalue weighted by Gasteiger charge is -2.23. The minimum Gasteiger partial charge on any atom is -0.451 e. The lowest BCUT2D eigenvalue weighted by molar-refractivity contribution is -0.160. The van der Waals surface area contributed by atoms with Gasteiger partial charge in [0.1, 0.15) is 0 Å². The fraction of sp³-hybridized carbons (Fsp3) is 0.625. The third-order valence-corrected chi connectivity index (χ3v) is 1.32. The smallest absolute Gasteiger partial charge is 0.331 e. The van der Waals surface area contributed by atoms with Crippen LogP contribution in [0.2, 0.25) is 0 Å². The molecule has 12 heavy (non-hydrogen) atoms. The van der Waals surface area contributed by atoms with Crippen molar-refractivity contribution < 1.29 is 19.7 Å². The number of carbonyl (C=O) groups is 1. The van der Waals surface area contributed by atoms with Crippen molar-refractivity contribution in [2.45, 2.75) is 19.4 Å². The minimum absolute atomic E-state index is 0.396. The molecule has 0 saturated heterocycles. The molecule has 0 aliphatic heterocycles. The number of aliphatic hydroxyl groups is 2. The molecule has 4 heteroatoms. The summed E-state index contributed by atoms with van der Waals surface area (Å²) in [7, 11) is 0. The maximum Gasteiger partial charge on any atom is 0.331 e. The number of hydrogen-bond donors (Lipinski definition) is 2. The van der Waals surface area contributed by atoms with Gasteiger partial charge in [-0.2, -0.15) is 0 Å². The first kappa shape index (κ1) is 11.1. The number of allylic oxidation sites excluding steroid dienone is 1. The number of rotatable bonds is 4. The maximum atomic E-state index is 10.8. The fourth-order valence-electron chi connectivity index (χ4n) is 0.528. The molecule has 0 atom stereocenters. The Balaban J connectivity index is 4.11. The van der Waals surface area contributed by atoms with E-state index in [0.29, 0.717) is 0 Å². The van der Waals surface area contributed by atoms with E-state index in [1.165, 1.54) is 19.1 Å². The van der Waals surface area contributed by atoms with Crippen LogP contribution >= 0.6 is 0 Å². The second-order valence-electron chi connectivity index (χ2n) is 2.69. The maximum absolute atomic E-state index is 10.8. The first-order valence-electron chi connectivity index (χ1n) is 3.65. The lowest BCUT2D eigenvalue weighted by Crippen LogP contribution is -2.39. The Bertz CT molecular complexity index is 170. The number of esters is 1. The van der Waals surface area contributed by atoms with Gasteiger partial charge in [-0.05, 0) is 13.8 Å². The van der Waals surface area contributed by atoms with Gasteiger partial charge in [0.15, 0.2) is 5.60 Å². The fourth-order valence-corrected chi connectivity index (χ4v) is 0.528. The predicted octanol–water partition coefficient (Wildman–Crippen LogP) is -0.151. The summed E-state index contributed by atoms with van der Waals surface area (Å²) in [4.78, 5) is 10.8. The summed E-state index contributed by atoms with van der Waals surface area (Å²) in [6, 6.07) is 0. The van der Waals surface area contributed by atoms with Gasteiger partial charge >= 0.3 is 5.97 Å². The molecule has 0 aromatic heterocycles. The zero-order chi connectivity index (χ0) is 9.61. The van der Waals surface area contributed by atoms with Crippen LogP contribution in [-0.2, 0) is 9.53 Å². The molecular formula is C8H14O4. The molecule has 0 aromatic rings. The van der Waals surface area contributed by atoms with Crippen LogP contribution in [0.15, 0.2) is 12.2 Å². The van der Waals surface area contributed by atoms with E-state index in [1.54, 1.807) is 6.92 Å². The second-order valence-corrected chi connectivity index (χ2v) is 2.69. The van der Waals surface area contributed by atoms with E-state index in [-0.39, 0.29) is 0 Å². The molecule has 0 aromatic carbocycles. The van der Waals surface area contributed by atoms with Crippen LogP contribution in [0.25, 0.3) is 0 Å². The number of hydrogen-bond acceptors (Lipinski definition) is 4. The van der Waals surface area contributed by atoms with Gasteiger partial charge in [-0.25, -0.2) is 4.79 Å². The van der Waals surface area contributed by atoms with Crippen molar-refractivity contribution in [1.82, 2.24) is 0 Å². The Hall–Kier alpha value is -0.870. The van der Waals surface area contributed by atoms with E-state index in [1.807, 2.05) is 0 Å². The van der Waals surface area contributed by atoms with Crippen LogP contribution in [-0.4, -0.2) is 35.0 Å². The second kappa shape index (κ2) is 4.90. The summed E-state index contributed by atoms with van der Waals surface area (Å²) in [5.41, 5.74) is -1.18. The molecule has 2 N–H and O–H groups in total. The van der Waals surface area contributed by atoms with Crippen molar-refractivity contribution in [2.75, 3.05) is 13.2 Å². The van der Waals surface area contributed by atoms with Crippen LogP contribution in [0.3, 0.4) is 0 Å². The summed E-state index contributed by atoms with van der Waals surface area (Å²) in [5, 5.41) is 17.5. The summed E-state index contributed by atoms with van der Waals surface area (Å²) in [6.07, 6.45) is 2.75.